The summed E-state index contributed by atoms with van der Waals surface area (Å²) in [6, 6.07) is 2.54. The second-order valence-electron chi connectivity index (χ2n) is 11.5. The van der Waals surface area contributed by atoms with E-state index in [0.717, 1.165) is 23.9 Å². The number of benzene rings is 1. The molecule has 6 rings (SSSR count). The van der Waals surface area contributed by atoms with E-state index >= 15 is 0 Å². The minimum absolute atomic E-state index is 0.00748. The average Bonchev–Trinajstić information content (AvgIpc) is 3.60. The fraction of sp³-hybridized carbons (Fsp3) is 0.400. The van der Waals surface area contributed by atoms with Crippen LogP contribution in [0, 0.1) is 0 Å². The molecule has 1 aromatic carbocycles. The highest BCUT2D eigenvalue weighted by Crippen LogP contribution is 2.46. The SMILES string of the molecule is COc1ncnc(C2CC2)c1-c1nc(N(C)[C@@H](c2ccc(-c3nc(C(F)(F)F)cn3C(C)C)cc2)C(F)(F)F)c2nn(C)cc2n1. The number of alkyl halides is 6. The van der Waals surface area contributed by atoms with Crippen molar-refractivity contribution in [3.63, 3.8) is 0 Å². The highest BCUT2D eigenvalue weighted by Gasteiger charge is 2.45. The molecule has 46 heavy (non-hydrogen) atoms. The maximum atomic E-state index is 14.9. The first-order chi connectivity index (χ1) is 21.7. The number of aryl methyl sites for hydroxylation is 1. The maximum Gasteiger partial charge on any atom is 0.434 e. The van der Waals surface area contributed by atoms with E-state index in [9.17, 15) is 26.3 Å². The summed E-state index contributed by atoms with van der Waals surface area (Å²) in [6.07, 6.45) is -3.87. The van der Waals surface area contributed by atoms with Gasteiger partial charge >= 0.3 is 12.4 Å². The van der Waals surface area contributed by atoms with Crippen molar-refractivity contribution >= 4 is 16.9 Å². The van der Waals surface area contributed by atoms with Crippen LogP contribution in [0.5, 0.6) is 5.88 Å². The number of rotatable bonds is 8. The molecule has 1 fully saturated rings. The van der Waals surface area contributed by atoms with Crippen LogP contribution in [-0.2, 0) is 13.2 Å². The zero-order valence-electron chi connectivity index (χ0n) is 25.4. The van der Waals surface area contributed by atoms with Crippen molar-refractivity contribution in [1.82, 2.24) is 39.3 Å². The minimum atomic E-state index is -4.80. The van der Waals surface area contributed by atoms with Crippen LogP contribution in [0.2, 0.25) is 0 Å². The number of halogens is 6. The Kier molecular flexibility index (Phi) is 7.63. The van der Waals surface area contributed by atoms with Crippen LogP contribution < -0.4 is 9.64 Å². The normalized spacial score (nSPS) is 14.7. The number of aromatic nitrogens is 8. The molecule has 4 aromatic heterocycles. The first-order valence-electron chi connectivity index (χ1n) is 14.3. The molecule has 0 saturated heterocycles. The van der Waals surface area contributed by atoms with Gasteiger partial charge in [-0.1, -0.05) is 24.3 Å². The molecule has 1 saturated carbocycles. The lowest BCUT2D eigenvalue weighted by Crippen LogP contribution is -2.36. The molecule has 1 aliphatic carbocycles. The molecule has 16 heteroatoms. The van der Waals surface area contributed by atoms with E-state index in [0.29, 0.717) is 16.8 Å². The van der Waals surface area contributed by atoms with Crippen molar-refractivity contribution in [3.8, 4) is 28.7 Å². The monoisotopic (exact) mass is 645 g/mol. The van der Waals surface area contributed by atoms with E-state index in [-0.39, 0.29) is 52.0 Å². The number of hydrogen-bond acceptors (Lipinski definition) is 8. The third-order valence-electron chi connectivity index (χ3n) is 7.78. The van der Waals surface area contributed by atoms with Crippen molar-refractivity contribution in [2.75, 3.05) is 19.1 Å². The van der Waals surface area contributed by atoms with Gasteiger partial charge in [0.15, 0.2) is 28.9 Å². The van der Waals surface area contributed by atoms with Gasteiger partial charge in [0, 0.05) is 37.8 Å². The van der Waals surface area contributed by atoms with E-state index < -0.39 is 24.1 Å². The summed E-state index contributed by atoms with van der Waals surface area (Å²) in [5, 5.41) is 4.36. The van der Waals surface area contributed by atoms with E-state index in [4.69, 9.17) is 4.74 Å². The summed E-state index contributed by atoms with van der Waals surface area (Å²) in [5.74, 6) is 0.321. The zero-order valence-corrected chi connectivity index (χ0v) is 25.4. The molecule has 5 aromatic rings. The smallest absolute Gasteiger partial charge is 0.434 e. The predicted octanol–water partition coefficient (Wildman–Crippen LogP) is 6.91. The zero-order chi connectivity index (χ0) is 33.1. The fourth-order valence-electron chi connectivity index (χ4n) is 5.49. The Hall–Kier alpha value is -4.76. The second-order valence-corrected chi connectivity index (χ2v) is 11.5. The summed E-state index contributed by atoms with van der Waals surface area (Å²) < 4.78 is 93.3. The summed E-state index contributed by atoms with van der Waals surface area (Å²) in [6.45, 7) is 3.38. The van der Waals surface area contributed by atoms with E-state index in [2.05, 4.69) is 30.0 Å². The fourth-order valence-corrected chi connectivity index (χ4v) is 5.49. The topological polar surface area (TPSA) is 99.7 Å². The molecule has 4 heterocycles. The van der Waals surface area contributed by atoms with Crippen molar-refractivity contribution in [2.24, 2.45) is 7.05 Å². The van der Waals surface area contributed by atoms with E-state index in [1.165, 1.54) is 54.0 Å². The number of imidazole rings is 1. The second kappa shape index (κ2) is 11.2. The molecule has 0 spiro atoms. The lowest BCUT2D eigenvalue weighted by Gasteiger charge is -2.31. The number of anilines is 1. The van der Waals surface area contributed by atoms with Crippen LogP contribution in [0.25, 0.3) is 33.8 Å². The van der Waals surface area contributed by atoms with Gasteiger partial charge in [-0.15, -0.1) is 0 Å². The van der Waals surface area contributed by atoms with Gasteiger partial charge in [-0.2, -0.15) is 31.4 Å². The van der Waals surface area contributed by atoms with Crippen LogP contribution >= 0.6 is 0 Å². The molecular weight excluding hydrogens is 616 g/mol. The molecule has 1 atom stereocenters. The van der Waals surface area contributed by atoms with Crippen LogP contribution in [0.3, 0.4) is 0 Å². The lowest BCUT2D eigenvalue weighted by atomic mass is 10.0. The summed E-state index contributed by atoms with van der Waals surface area (Å²) in [5.41, 5.74) is 0.483. The third-order valence-corrected chi connectivity index (χ3v) is 7.78. The van der Waals surface area contributed by atoms with Crippen LogP contribution in [0.4, 0.5) is 32.2 Å². The third kappa shape index (κ3) is 5.71. The lowest BCUT2D eigenvalue weighted by molar-refractivity contribution is -0.149. The highest BCUT2D eigenvalue weighted by molar-refractivity contribution is 5.88. The van der Waals surface area contributed by atoms with Crippen molar-refractivity contribution in [1.29, 1.82) is 0 Å². The van der Waals surface area contributed by atoms with Crippen LogP contribution in [0.1, 0.15) is 61.6 Å². The Morgan fingerprint density at radius 1 is 0.957 bits per heavy atom. The van der Waals surface area contributed by atoms with Crippen molar-refractivity contribution < 1.29 is 31.1 Å². The number of fused-ring (bicyclic) bond motifs is 1. The number of ether oxygens (including phenoxy) is 1. The van der Waals surface area contributed by atoms with Gasteiger partial charge in [0.25, 0.3) is 0 Å². The molecule has 0 bridgehead atoms. The predicted molar refractivity (Wildman–Crippen MR) is 156 cm³/mol. The van der Waals surface area contributed by atoms with Gasteiger partial charge in [0.1, 0.15) is 23.2 Å². The maximum absolute atomic E-state index is 14.9. The first-order valence-corrected chi connectivity index (χ1v) is 14.3. The van der Waals surface area contributed by atoms with Gasteiger partial charge in [-0.3, -0.25) is 4.68 Å². The van der Waals surface area contributed by atoms with E-state index in [1.54, 1.807) is 27.1 Å². The largest absolute Gasteiger partial charge is 0.480 e. The Balaban J connectivity index is 1.45. The summed E-state index contributed by atoms with van der Waals surface area (Å²) in [7, 11) is 4.31. The molecule has 1 aliphatic rings. The molecule has 0 radical (unpaired) electrons. The molecule has 10 nitrogen and oxygen atoms in total. The summed E-state index contributed by atoms with van der Waals surface area (Å²) in [4.78, 5) is 22.6. The first kappa shape index (κ1) is 31.2. The molecule has 0 unspecified atom stereocenters. The van der Waals surface area contributed by atoms with Crippen molar-refractivity contribution in [2.45, 2.75) is 57.0 Å². The van der Waals surface area contributed by atoms with Gasteiger partial charge < -0.3 is 14.2 Å². The molecule has 0 N–H and O–H groups in total. The standard InChI is InChI=1S/C30H29F6N9O/c1-15(2)45-13-20(29(31,32)33)40-26(45)18-10-8-17(9-11-18)24(30(34,35)36)44(4)27-23-19(12-43(3)42-23)39-25(41-27)21-22(16-6-7-16)37-14-38-28(21)46-5/h8-16,24H,6-7H2,1-5H3/t24-/m0/s1. The Morgan fingerprint density at radius 3 is 2.24 bits per heavy atom. The van der Waals surface area contributed by atoms with Gasteiger partial charge in [-0.05, 0) is 32.3 Å². The molecule has 242 valence electrons. The Labute approximate surface area is 259 Å². The molecule has 0 aliphatic heterocycles. The number of hydrogen-bond donors (Lipinski definition) is 0. The highest BCUT2D eigenvalue weighted by atomic mass is 19.4. The van der Waals surface area contributed by atoms with Gasteiger partial charge in [0.05, 0.1) is 19.0 Å². The summed E-state index contributed by atoms with van der Waals surface area (Å²) >= 11 is 0. The van der Waals surface area contributed by atoms with Gasteiger partial charge in [0.2, 0.25) is 5.88 Å². The Bertz CT molecular complexity index is 1890. The minimum Gasteiger partial charge on any atom is -0.480 e. The Morgan fingerprint density at radius 2 is 1.65 bits per heavy atom. The molecule has 0 amide bonds. The average molecular weight is 646 g/mol. The number of methoxy groups -OCH3 is 1. The number of nitrogens with zero attached hydrogens (tertiary/aromatic N) is 9. The van der Waals surface area contributed by atoms with Crippen LogP contribution in [0.15, 0.2) is 43.0 Å². The van der Waals surface area contributed by atoms with E-state index in [1.807, 2.05) is 0 Å². The van der Waals surface area contributed by atoms with Crippen LogP contribution in [-0.4, -0.2) is 59.6 Å². The quantitative estimate of drug-likeness (QED) is 0.168. The van der Waals surface area contributed by atoms with Crippen molar-refractivity contribution in [3.05, 3.63) is 59.9 Å². The van der Waals surface area contributed by atoms with Gasteiger partial charge in [-0.25, -0.2) is 24.9 Å². The molecular formula is C30H29F6N9O.